The molecule has 1 aliphatic heterocycles. The molecule has 4 rings (SSSR count). The number of carbonyl (C=O) groups is 1. The van der Waals surface area contributed by atoms with Crippen molar-refractivity contribution in [3.63, 3.8) is 0 Å². The molecule has 2 aliphatic rings. The van der Waals surface area contributed by atoms with Gasteiger partial charge in [0, 0.05) is 12.7 Å². The van der Waals surface area contributed by atoms with Crippen molar-refractivity contribution < 1.29 is 9.53 Å². The number of amides is 1. The summed E-state index contributed by atoms with van der Waals surface area (Å²) in [6.45, 7) is 1.40. The van der Waals surface area contributed by atoms with Crippen LogP contribution in [-0.2, 0) is 4.74 Å². The molecule has 8 heteroatoms. The lowest BCUT2D eigenvalue weighted by Gasteiger charge is -2.35. The van der Waals surface area contributed by atoms with Crippen LogP contribution < -0.4 is 10.2 Å². The van der Waals surface area contributed by atoms with Gasteiger partial charge in [0.05, 0.1) is 6.54 Å². The van der Waals surface area contributed by atoms with Gasteiger partial charge in [-0.15, -0.1) is 10.2 Å². The Kier molecular flexibility index (Phi) is 4.63. The second-order valence-electron chi connectivity index (χ2n) is 6.89. The molecule has 1 aliphatic carbocycles. The van der Waals surface area contributed by atoms with E-state index in [1.54, 1.807) is 17.2 Å². The van der Waals surface area contributed by atoms with E-state index in [0.717, 1.165) is 38.0 Å². The molecule has 1 amide bonds. The lowest BCUT2D eigenvalue weighted by Crippen LogP contribution is -2.39. The van der Waals surface area contributed by atoms with Gasteiger partial charge in [0.25, 0.3) is 0 Å². The Labute approximate surface area is 156 Å². The molecule has 2 fully saturated rings. The molecule has 136 valence electrons. The van der Waals surface area contributed by atoms with Gasteiger partial charge in [-0.1, -0.05) is 17.7 Å². The maximum absolute atomic E-state index is 12.3. The van der Waals surface area contributed by atoms with Gasteiger partial charge < -0.3 is 10.1 Å². The molecule has 1 saturated carbocycles. The largest absolute Gasteiger partial charge is 0.441 e. The van der Waals surface area contributed by atoms with Crippen molar-refractivity contribution in [2.24, 2.45) is 5.92 Å². The predicted molar refractivity (Wildman–Crippen MR) is 98.3 cm³/mol. The zero-order chi connectivity index (χ0) is 18.0. The number of nitrogens with zero attached hydrogens (tertiary/aromatic N) is 4. The Hall–Kier alpha value is -2.41. The third-order valence-corrected chi connectivity index (χ3v) is 5.32. The normalized spacial score (nSPS) is 25.3. The van der Waals surface area contributed by atoms with Crippen LogP contribution in [0.25, 0.3) is 0 Å². The van der Waals surface area contributed by atoms with Crippen molar-refractivity contribution in [1.29, 1.82) is 0 Å². The highest BCUT2D eigenvalue weighted by Crippen LogP contribution is 2.40. The monoisotopic (exact) mass is 373 g/mol. The first-order chi connectivity index (χ1) is 12.6. The maximum Gasteiger partial charge on any atom is 0.416 e. The highest BCUT2D eigenvalue weighted by Gasteiger charge is 2.47. The summed E-state index contributed by atoms with van der Waals surface area (Å²) in [5.41, 5.74) is -0.384. The topological polar surface area (TPSA) is 80.2 Å². The third kappa shape index (κ3) is 3.58. The van der Waals surface area contributed by atoms with Gasteiger partial charge in [-0.2, -0.15) is 0 Å². The zero-order valence-corrected chi connectivity index (χ0v) is 15.0. The second kappa shape index (κ2) is 7.07. The molecule has 1 saturated heterocycles. The van der Waals surface area contributed by atoms with E-state index in [1.165, 1.54) is 0 Å². The Morgan fingerprint density at radius 2 is 2.08 bits per heavy atom. The first-order valence-electron chi connectivity index (χ1n) is 8.78. The van der Waals surface area contributed by atoms with E-state index in [1.807, 2.05) is 24.3 Å². The van der Waals surface area contributed by atoms with E-state index < -0.39 is 0 Å². The van der Waals surface area contributed by atoms with Gasteiger partial charge >= 0.3 is 6.09 Å². The van der Waals surface area contributed by atoms with Crippen LogP contribution in [0.15, 0.2) is 36.5 Å². The SMILES string of the molecule is O=C1O[C@]2(CC[C@H](CNc3ccc(Cl)nn3)CC2)CN1c1ccccn1. The number of pyridine rings is 1. The fourth-order valence-corrected chi connectivity index (χ4v) is 3.74. The lowest BCUT2D eigenvalue weighted by atomic mass is 9.78. The zero-order valence-electron chi connectivity index (χ0n) is 14.3. The van der Waals surface area contributed by atoms with Crippen LogP contribution in [0.3, 0.4) is 0 Å². The molecule has 0 radical (unpaired) electrons. The van der Waals surface area contributed by atoms with Crippen LogP contribution >= 0.6 is 11.6 Å². The number of carbonyl (C=O) groups excluding carboxylic acids is 1. The predicted octanol–water partition coefficient (Wildman–Crippen LogP) is 3.52. The molecule has 26 heavy (non-hydrogen) atoms. The van der Waals surface area contributed by atoms with Crippen molar-refractivity contribution in [3.05, 3.63) is 41.7 Å². The van der Waals surface area contributed by atoms with E-state index >= 15 is 0 Å². The summed E-state index contributed by atoms with van der Waals surface area (Å²) in [7, 11) is 0. The maximum atomic E-state index is 12.3. The first-order valence-corrected chi connectivity index (χ1v) is 9.16. The number of rotatable bonds is 4. The van der Waals surface area contributed by atoms with Crippen LogP contribution in [0, 0.1) is 5.92 Å². The molecular weight excluding hydrogens is 354 g/mol. The Bertz CT molecular complexity index is 763. The fraction of sp³-hybridized carbons (Fsp3) is 0.444. The Morgan fingerprint density at radius 3 is 2.77 bits per heavy atom. The number of ether oxygens (including phenoxy) is 1. The summed E-state index contributed by atoms with van der Waals surface area (Å²) >= 11 is 5.75. The smallest absolute Gasteiger partial charge is 0.416 e. The van der Waals surface area contributed by atoms with Gasteiger partial charge in [-0.25, -0.2) is 9.78 Å². The van der Waals surface area contributed by atoms with E-state index in [-0.39, 0.29) is 11.7 Å². The van der Waals surface area contributed by atoms with Crippen LogP contribution in [0.1, 0.15) is 25.7 Å². The summed E-state index contributed by atoms with van der Waals surface area (Å²) in [6.07, 6.45) is 5.11. The molecule has 0 unspecified atom stereocenters. The molecule has 0 bridgehead atoms. The highest BCUT2D eigenvalue weighted by atomic mass is 35.5. The number of hydrogen-bond acceptors (Lipinski definition) is 6. The van der Waals surface area contributed by atoms with Gasteiger partial charge in [-0.3, -0.25) is 4.90 Å². The third-order valence-electron chi connectivity index (χ3n) is 5.12. The standard InChI is InChI=1S/C18H20ClN5O2/c19-14-4-5-15(23-22-14)21-11-13-6-8-18(9-7-13)12-24(17(25)26-18)16-3-1-2-10-20-16/h1-5,10,13H,6-9,11-12H2,(H,21,23)/t13-,18-. The lowest BCUT2D eigenvalue weighted by molar-refractivity contribution is 0.0148. The van der Waals surface area contributed by atoms with Crippen LogP contribution in [0.5, 0.6) is 0 Å². The molecule has 7 nitrogen and oxygen atoms in total. The van der Waals surface area contributed by atoms with Crippen molar-refractivity contribution in [1.82, 2.24) is 15.2 Å². The Balaban J connectivity index is 1.32. The summed E-state index contributed by atoms with van der Waals surface area (Å²) in [4.78, 5) is 18.2. The number of hydrogen-bond donors (Lipinski definition) is 1. The molecule has 0 atom stereocenters. The second-order valence-corrected chi connectivity index (χ2v) is 7.28. The van der Waals surface area contributed by atoms with Gasteiger partial charge in [0.15, 0.2) is 5.15 Å². The Morgan fingerprint density at radius 1 is 1.23 bits per heavy atom. The number of halogens is 1. The average molecular weight is 374 g/mol. The van der Waals surface area contributed by atoms with Crippen molar-refractivity contribution in [3.8, 4) is 0 Å². The van der Waals surface area contributed by atoms with E-state index in [0.29, 0.717) is 23.4 Å². The molecule has 0 aromatic carbocycles. The molecule has 2 aromatic heterocycles. The van der Waals surface area contributed by atoms with E-state index in [2.05, 4.69) is 20.5 Å². The quantitative estimate of drug-likeness (QED) is 0.883. The number of anilines is 2. The minimum atomic E-state index is -0.384. The average Bonchev–Trinajstić information content (AvgIpc) is 2.99. The van der Waals surface area contributed by atoms with Crippen LogP contribution in [-0.4, -0.2) is 40.0 Å². The summed E-state index contributed by atoms with van der Waals surface area (Å²) in [6, 6.07) is 9.09. The molecule has 2 aromatic rings. The summed E-state index contributed by atoms with van der Waals surface area (Å²) < 4.78 is 5.77. The van der Waals surface area contributed by atoms with Gasteiger partial charge in [0.2, 0.25) is 0 Å². The van der Waals surface area contributed by atoms with Gasteiger partial charge in [-0.05, 0) is 55.9 Å². The van der Waals surface area contributed by atoms with Crippen molar-refractivity contribution in [2.75, 3.05) is 23.3 Å². The van der Waals surface area contributed by atoms with E-state index in [4.69, 9.17) is 16.3 Å². The van der Waals surface area contributed by atoms with Crippen molar-refractivity contribution in [2.45, 2.75) is 31.3 Å². The minimum absolute atomic E-state index is 0.295. The number of nitrogens with one attached hydrogen (secondary N) is 1. The fourth-order valence-electron chi connectivity index (χ4n) is 3.64. The summed E-state index contributed by atoms with van der Waals surface area (Å²) in [5, 5.41) is 11.5. The molecule has 3 heterocycles. The van der Waals surface area contributed by atoms with Gasteiger partial charge in [0.1, 0.15) is 17.2 Å². The summed E-state index contributed by atoms with van der Waals surface area (Å²) in [5.74, 6) is 1.89. The molecular formula is C18H20ClN5O2. The minimum Gasteiger partial charge on any atom is -0.441 e. The molecule has 1 spiro atoms. The van der Waals surface area contributed by atoms with Crippen LogP contribution in [0.4, 0.5) is 16.4 Å². The van der Waals surface area contributed by atoms with E-state index in [9.17, 15) is 4.79 Å². The van der Waals surface area contributed by atoms with Crippen molar-refractivity contribution >= 4 is 29.3 Å². The van der Waals surface area contributed by atoms with Crippen LogP contribution in [0.2, 0.25) is 5.15 Å². The molecule has 1 N–H and O–H groups in total. The highest BCUT2D eigenvalue weighted by molar-refractivity contribution is 6.29. The first kappa shape index (κ1) is 17.0. The number of aromatic nitrogens is 3.